The molecule has 0 bridgehead atoms. The Labute approximate surface area is 179 Å². The van der Waals surface area contributed by atoms with Crippen molar-refractivity contribution in [2.24, 2.45) is 0 Å². The average molecular weight is 408 g/mol. The molecule has 0 fully saturated rings. The standard InChI is InChI=1S/C24H20N6O/c1-31-19-9-4-8-17(12-19)22-13-18(28-29-22)14-25-24-27-23(15-26-30-24)21-11-5-7-16-6-2-3-10-20(16)21/h2-13,15H,14H2,1H3,(H,28,29)(H,25,27,30). The summed E-state index contributed by atoms with van der Waals surface area (Å²) in [5.74, 6) is 1.26. The molecule has 5 rings (SSSR count). The fourth-order valence-corrected chi connectivity index (χ4v) is 3.52. The van der Waals surface area contributed by atoms with Crippen molar-refractivity contribution in [3.63, 3.8) is 0 Å². The van der Waals surface area contributed by atoms with Crippen LogP contribution in [0.1, 0.15) is 5.69 Å². The number of anilines is 1. The Kier molecular flexibility index (Phi) is 4.98. The number of aromatic amines is 1. The van der Waals surface area contributed by atoms with Crippen LogP contribution in [0.15, 0.2) is 79.0 Å². The third-order valence-corrected chi connectivity index (χ3v) is 5.06. The number of H-pyrrole nitrogens is 1. The van der Waals surface area contributed by atoms with Crippen LogP contribution >= 0.6 is 0 Å². The summed E-state index contributed by atoms with van der Waals surface area (Å²) < 4.78 is 5.29. The van der Waals surface area contributed by atoms with E-state index >= 15 is 0 Å². The maximum absolute atomic E-state index is 5.29. The Bertz CT molecular complexity index is 1340. The van der Waals surface area contributed by atoms with E-state index in [0.29, 0.717) is 12.5 Å². The van der Waals surface area contributed by atoms with Crippen LogP contribution in [0.2, 0.25) is 0 Å². The highest BCUT2D eigenvalue weighted by molar-refractivity contribution is 5.95. The summed E-state index contributed by atoms with van der Waals surface area (Å²) in [7, 11) is 1.65. The minimum atomic E-state index is 0.455. The number of ether oxygens (including phenoxy) is 1. The van der Waals surface area contributed by atoms with E-state index in [-0.39, 0.29) is 0 Å². The topological polar surface area (TPSA) is 88.6 Å². The van der Waals surface area contributed by atoms with E-state index in [2.05, 4.69) is 48.9 Å². The minimum Gasteiger partial charge on any atom is -0.497 e. The van der Waals surface area contributed by atoms with Crippen molar-refractivity contribution in [3.05, 3.63) is 84.7 Å². The lowest BCUT2D eigenvalue weighted by Gasteiger charge is -2.07. The number of hydrogen-bond donors (Lipinski definition) is 2. The molecule has 0 aliphatic heterocycles. The van der Waals surface area contributed by atoms with E-state index in [1.165, 1.54) is 0 Å². The molecule has 3 aromatic carbocycles. The van der Waals surface area contributed by atoms with Crippen LogP contribution in [-0.2, 0) is 6.54 Å². The van der Waals surface area contributed by atoms with E-state index in [9.17, 15) is 0 Å². The Hall–Kier alpha value is -4.26. The highest BCUT2D eigenvalue weighted by Crippen LogP contribution is 2.27. The molecule has 0 aliphatic carbocycles. The quantitative estimate of drug-likeness (QED) is 0.423. The monoisotopic (exact) mass is 408 g/mol. The Balaban J connectivity index is 1.34. The van der Waals surface area contributed by atoms with Gasteiger partial charge in [0.1, 0.15) is 5.75 Å². The van der Waals surface area contributed by atoms with E-state index in [0.717, 1.165) is 44.7 Å². The number of rotatable bonds is 6. The number of nitrogens with zero attached hydrogens (tertiary/aromatic N) is 4. The van der Waals surface area contributed by atoms with E-state index in [1.54, 1.807) is 13.3 Å². The number of aromatic nitrogens is 5. The summed E-state index contributed by atoms with van der Waals surface area (Å²) in [5, 5.41) is 21.2. The normalized spacial score (nSPS) is 10.9. The van der Waals surface area contributed by atoms with Gasteiger partial charge < -0.3 is 10.1 Å². The first kappa shape index (κ1) is 18.7. The number of nitrogens with one attached hydrogen (secondary N) is 2. The molecule has 152 valence electrons. The lowest BCUT2D eigenvalue weighted by atomic mass is 10.0. The van der Waals surface area contributed by atoms with Gasteiger partial charge in [0.05, 0.1) is 36.9 Å². The summed E-state index contributed by atoms with van der Waals surface area (Å²) in [6.07, 6.45) is 1.68. The fraction of sp³-hybridized carbons (Fsp3) is 0.0833. The molecule has 0 saturated carbocycles. The minimum absolute atomic E-state index is 0.455. The van der Waals surface area contributed by atoms with Crippen molar-refractivity contribution in [2.75, 3.05) is 12.4 Å². The first-order valence-electron chi connectivity index (χ1n) is 9.90. The maximum Gasteiger partial charge on any atom is 0.243 e. The van der Waals surface area contributed by atoms with Crippen LogP contribution in [0.3, 0.4) is 0 Å². The van der Waals surface area contributed by atoms with Crippen molar-refractivity contribution >= 4 is 16.7 Å². The summed E-state index contributed by atoms with van der Waals surface area (Å²) in [6.45, 7) is 0.473. The van der Waals surface area contributed by atoms with Crippen molar-refractivity contribution in [3.8, 4) is 28.3 Å². The van der Waals surface area contributed by atoms with E-state index in [1.807, 2.05) is 54.6 Å². The van der Waals surface area contributed by atoms with Gasteiger partial charge in [-0.25, -0.2) is 4.98 Å². The molecule has 2 aromatic heterocycles. The van der Waals surface area contributed by atoms with Gasteiger partial charge in [0, 0.05) is 11.1 Å². The largest absolute Gasteiger partial charge is 0.497 e. The third kappa shape index (κ3) is 3.93. The molecule has 2 N–H and O–H groups in total. The van der Waals surface area contributed by atoms with E-state index in [4.69, 9.17) is 4.74 Å². The fourth-order valence-electron chi connectivity index (χ4n) is 3.52. The molecule has 0 radical (unpaired) electrons. The number of benzene rings is 3. The molecule has 0 saturated heterocycles. The zero-order chi connectivity index (χ0) is 21.0. The SMILES string of the molecule is COc1cccc(-c2cc(CNc3nncc(-c4cccc5ccccc45)n3)n[nH]2)c1. The van der Waals surface area contributed by atoms with Crippen molar-refractivity contribution in [2.45, 2.75) is 6.54 Å². The molecular weight excluding hydrogens is 388 g/mol. The lowest BCUT2D eigenvalue weighted by Crippen LogP contribution is -2.05. The molecule has 5 aromatic rings. The molecule has 0 unspecified atom stereocenters. The van der Waals surface area contributed by atoms with Crippen LogP contribution < -0.4 is 10.1 Å². The molecule has 0 spiro atoms. The Morgan fingerprint density at radius 1 is 0.968 bits per heavy atom. The Morgan fingerprint density at radius 2 is 1.84 bits per heavy atom. The van der Waals surface area contributed by atoms with Gasteiger partial charge in [-0.2, -0.15) is 10.2 Å². The summed E-state index contributed by atoms with van der Waals surface area (Å²) >= 11 is 0. The predicted octanol–water partition coefficient (Wildman–Crippen LogP) is 4.70. The van der Waals surface area contributed by atoms with Gasteiger partial charge in [-0.15, -0.1) is 5.10 Å². The van der Waals surface area contributed by atoms with E-state index < -0.39 is 0 Å². The second kappa shape index (κ2) is 8.23. The molecule has 0 aliphatic rings. The molecule has 0 amide bonds. The van der Waals surface area contributed by atoms with Gasteiger partial charge in [0.2, 0.25) is 5.95 Å². The smallest absolute Gasteiger partial charge is 0.243 e. The number of hydrogen-bond acceptors (Lipinski definition) is 6. The van der Waals surface area contributed by atoms with Gasteiger partial charge in [-0.05, 0) is 29.0 Å². The predicted molar refractivity (Wildman–Crippen MR) is 121 cm³/mol. The zero-order valence-electron chi connectivity index (χ0n) is 16.9. The van der Waals surface area contributed by atoms with Crippen LogP contribution in [0, 0.1) is 0 Å². The van der Waals surface area contributed by atoms with Crippen LogP contribution in [0.25, 0.3) is 33.3 Å². The molecule has 7 nitrogen and oxygen atoms in total. The summed E-state index contributed by atoms with van der Waals surface area (Å²) in [6, 6.07) is 24.2. The second-order valence-electron chi connectivity index (χ2n) is 7.05. The van der Waals surface area contributed by atoms with Gasteiger partial charge in [-0.3, -0.25) is 5.10 Å². The van der Waals surface area contributed by atoms with Gasteiger partial charge >= 0.3 is 0 Å². The first-order chi connectivity index (χ1) is 15.3. The van der Waals surface area contributed by atoms with Crippen molar-refractivity contribution < 1.29 is 4.74 Å². The molecule has 0 atom stereocenters. The van der Waals surface area contributed by atoms with Crippen LogP contribution in [0.4, 0.5) is 5.95 Å². The maximum atomic E-state index is 5.29. The summed E-state index contributed by atoms with van der Waals surface area (Å²) in [4.78, 5) is 4.66. The Morgan fingerprint density at radius 3 is 2.77 bits per heavy atom. The molecule has 7 heteroatoms. The number of fused-ring (bicyclic) bond motifs is 1. The van der Waals surface area contributed by atoms with Gasteiger partial charge in [-0.1, -0.05) is 54.6 Å². The molecular formula is C24H20N6O. The molecule has 2 heterocycles. The second-order valence-corrected chi connectivity index (χ2v) is 7.05. The average Bonchev–Trinajstić information content (AvgIpc) is 3.32. The van der Waals surface area contributed by atoms with Crippen LogP contribution in [0.5, 0.6) is 5.75 Å². The van der Waals surface area contributed by atoms with Crippen LogP contribution in [-0.4, -0.2) is 32.5 Å². The highest BCUT2D eigenvalue weighted by atomic mass is 16.5. The lowest BCUT2D eigenvalue weighted by molar-refractivity contribution is 0.415. The first-order valence-corrected chi connectivity index (χ1v) is 9.90. The van der Waals surface area contributed by atoms with Crippen molar-refractivity contribution in [1.29, 1.82) is 0 Å². The number of methoxy groups -OCH3 is 1. The van der Waals surface area contributed by atoms with Crippen molar-refractivity contribution in [1.82, 2.24) is 25.4 Å². The third-order valence-electron chi connectivity index (χ3n) is 5.06. The molecule has 31 heavy (non-hydrogen) atoms. The summed E-state index contributed by atoms with van der Waals surface area (Å²) in [5.41, 5.74) is 4.56. The van der Waals surface area contributed by atoms with Gasteiger partial charge in [0.25, 0.3) is 0 Å². The van der Waals surface area contributed by atoms with Gasteiger partial charge in [0.15, 0.2) is 0 Å². The zero-order valence-corrected chi connectivity index (χ0v) is 16.9. The highest BCUT2D eigenvalue weighted by Gasteiger charge is 2.09.